The van der Waals surface area contributed by atoms with Gasteiger partial charge in [0.25, 0.3) is 0 Å². The molecule has 7 heteroatoms. The molecule has 3 N–H and O–H groups in total. The van der Waals surface area contributed by atoms with E-state index in [0.29, 0.717) is 18.4 Å². The first-order chi connectivity index (χ1) is 10.6. The maximum atomic E-state index is 11.0. The summed E-state index contributed by atoms with van der Waals surface area (Å²) in [6.07, 6.45) is 5.32. The third kappa shape index (κ3) is 3.47. The average molecular weight is 308 g/mol. The first-order valence-corrected chi connectivity index (χ1v) is 8.15. The summed E-state index contributed by atoms with van der Waals surface area (Å²) in [7, 11) is 0. The molecule has 2 fully saturated rings. The molecule has 0 unspecified atom stereocenters. The number of amides is 1. The van der Waals surface area contributed by atoms with E-state index in [2.05, 4.69) is 15.0 Å². The monoisotopic (exact) mass is 308 g/mol. The topological polar surface area (TPSA) is 105 Å². The highest BCUT2D eigenvalue weighted by Gasteiger charge is 2.29. The van der Waals surface area contributed by atoms with Crippen LogP contribution >= 0.6 is 0 Å². The number of hydrogen-bond acceptors (Lipinski definition) is 6. The molecule has 3 rings (SSSR count). The van der Waals surface area contributed by atoms with Crippen LogP contribution in [-0.2, 0) is 11.3 Å². The minimum absolute atomic E-state index is 0.0366. The lowest BCUT2D eigenvalue weighted by molar-refractivity contribution is -0.129. The molecule has 2 heterocycles. The molecule has 122 valence electrons. The minimum atomic E-state index is -1.03. The van der Waals surface area contributed by atoms with Gasteiger partial charge in [0.2, 0.25) is 11.8 Å². The Hall–Kier alpha value is -1.47. The van der Waals surface area contributed by atoms with E-state index in [9.17, 15) is 9.90 Å². The number of aliphatic hydroxyl groups excluding tert-OH is 1. The van der Waals surface area contributed by atoms with Crippen molar-refractivity contribution in [3.05, 3.63) is 11.7 Å². The first kappa shape index (κ1) is 15.4. The van der Waals surface area contributed by atoms with Gasteiger partial charge in [-0.05, 0) is 44.7 Å². The SMILES string of the molecule is NC(=O)[C@@H](O)C1CCN(Cc2nc(C3CCCC3)no2)CC1. The Morgan fingerprint density at radius 3 is 2.64 bits per heavy atom. The summed E-state index contributed by atoms with van der Waals surface area (Å²) < 4.78 is 5.37. The number of piperidine rings is 1. The van der Waals surface area contributed by atoms with Crippen LogP contribution < -0.4 is 5.73 Å². The van der Waals surface area contributed by atoms with E-state index in [1.807, 2.05) is 0 Å². The van der Waals surface area contributed by atoms with Crippen molar-refractivity contribution in [1.82, 2.24) is 15.0 Å². The summed E-state index contributed by atoms with van der Waals surface area (Å²) in [5.41, 5.74) is 5.15. The van der Waals surface area contributed by atoms with Crippen LogP contribution in [0.4, 0.5) is 0 Å². The summed E-state index contributed by atoms with van der Waals surface area (Å²) in [5, 5.41) is 13.8. The number of aliphatic hydroxyl groups is 1. The van der Waals surface area contributed by atoms with E-state index in [4.69, 9.17) is 10.3 Å². The number of primary amides is 1. The van der Waals surface area contributed by atoms with Crippen molar-refractivity contribution in [2.24, 2.45) is 11.7 Å². The standard InChI is InChI=1S/C15H24N4O3/c16-14(21)13(20)10-5-7-19(8-6-10)9-12-17-15(18-22-12)11-3-1-2-4-11/h10-11,13,20H,1-9H2,(H2,16,21)/t13-/m0/s1. The van der Waals surface area contributed by atoms with Crippen molar-refractivity contribution in [3.63, 3.8) is 0 Å². The van der Waals surface area contributed by atoms with Gasteiger partial charge >= 0.3 is 0 Å². The molecule has 0 radical (unpaired) electrons. The van der Waals surface area contributed by atoms with Crippen LogP contribution in [0, 0.1) is 5.92 Å². The van der Waals surface area contributed by atoms with E-state index >= 15 is 0 Å². The number of hydrogen-bond donors (Lipinski definition) is 2. The van der Waals surface area contributed by atoms with Crippen molar-refractivity contribution in [2.45, 2.75) is 57.1 Å². The molecule has 22 heavy (non-hydrogen) atoms. The number of nitrogens with two attached hydrogens (primary N) is 1. The second-order valence-electron chi connectivity index (χ2n) is 6.49. The molecule has 7 nitrogen and oxygen atoms in total. The summed E-state index contributed by atoms with van der Waals surface area (Å²) in [5.74, 6) is 1.32. The fraction of sp³-hybridized carbons (Fsp3) is 0.800. The summed E-state index contributed by atoms with van der Waals surface area (Å²) in [6, 6.07) is 0. The molecule has 0 bridgehead atoms. The summed E-state index contributed by atoms with van der Waals surface area (Å²) >= 11 is 0. The van der Waals surface area contributed by atoms with Crippen molar-refractivity contribution in [2.75, 3.05) is 13.1 Å². The van der Waals surface area contributed by atoms with Gasteiger partial charge in [-0.25, -0.2) is 0 Å². The third-order valence-electron chi connectivity index (χ3n) is 4.93. The van der Waals surface area contributed by atoms with Gasteiger partial charge in [0.05, 0.1) is 6.54 Å². The van der Waals surface area contributed by atoms with Crippen molar-refractivity contribution in [1.29, 1.82) is 0 Å². The average Bonchev–Trinajstić information content (AvgIpc) is 3.18. The quantitative estimate of drug-likeness (QED) is 0.833. The van der Waals surface area contributed by atoms with Gasteiger partial charge in [0.1, 0.15) is 6.10 Å². The lowest BCUT2D eigenvalue weighted by Crippen LogP contribution is -2.42. The molecular formula is C15H24N4O3. The maximum Gasteiger partial charge on any atom is 0.246 e. The molecule has 0 spiro atoms. The molecule has 1 aromatic heterocycles. The van der Waals surface area contributed by atoms with Crippen molar-refractivity contribution in [3.8, 4) is 0 Å². The van der Waals surface area contributed by atoms with Gasteiger partial charge in [-0.1, -0.05) is 18.0 Å². The Balaban J connectivity index is 1.49. The maximum absolute atomic E-state index is 11.0. The molecule has 2 aliphatic rings. The fourth-order valence-electron chi connectivity index (χ4n) is 3.53. The number of likely N-dealkylation sites (tertiary alicyclic amines) is 1. The lowest BCUT2D eigenvalue weighted by atomic mass is 9.91. The zero-order valence-electron chi connectivity index (χ0n) is 12.8. The van der Waals surface area contributed by atoms with Crippen LogP contribution in [0.3, 0.4) is 0 Å². The van der Waals surface area contributed by atoms with Gasteiger partial charge in [-0.15, -0.1) is 0 Å². The second kappa shape index (κ2) is 6.75. The van der Waals surface area contributed by atoms with Gasteiger partial charge in [-0.3, -0.25) is 9.69 Å². The molecule has 1 saturated carbocycles. The molecule has 1 aliphatic carbocycles. The predicted molar refractivity (Wildman–Crippen MR) is 78.7 cm³/mol. The fourth-order valence-corrected chi connectivity index (χ4v) is 3.53. The largest absolute Gasteiger partial charge is 0.383 e. The van der Waals surface area contributed by atoms with E-state index in [0.717, 1.165) is 44.6 Å². The van der Waals surface area contributed by atoms with E-state index in [1.54, 1.807) is 0 Å². The summed E-state index contributed by atoms with van der Waals surface area (Å²) in [6.45, 7) is 2.24. The van der Waals surface area contributed by atoms with E-state index < -0.39 is 12.0 Å². The molecule has 1 aliphatic heterocycles. The van der Waals surface area contributed by atoms with Crippen LogP contribution in [0.15, 0.2) is 4.52 Å². The van der Waals surface area contributed by atoms with Gasteiger partial charge in [0.15, 0.2) is 5.82 Å². The smallest absolute Gasteiger partial charge is 0.246 e. The highest BCUT2D eigenvalue weighted by molar-refractivity contribution is 5.78. The zero-order chi connectivity index (χ0) is 15.5. The predicted octanol–water partition coefficient (Wildman–Crippen LogP) is 0.785. The van der Waals surface area contributed by atoms with Crippen molar-refractivity contribution >= 4 is 5.91 Å². The highest BCUT2D eigenvalue weighted by atomic mass is 16.5. The first-order valence-electron chi connectivity index (χ1n) is 8.15. The Labute approximate surface area is 129 Å². The van der Waals surface area contributed by atoms with E-state index in [1.165, 1.54) is 12.8 Å². The normalized spacial score (nSPS) is 23.0. The highest BCUT2D eigenvalue weighted by Crippen LogP contribution is 2.32. The number of rotatable bonds is 5. The summed E-state index contributed by atoms with van der Waals surface area (Å²) in [4.78, 5) is 17.8. The Morgan fingerprint density at radius 2 is 2.00 bits per heavy atom. The molecule has 1 atom stereocenters. The molecule has 0 aromatic carbocycles. The Kier molecular flexibility index (Phi) is 4.73. The van der Waals surface area contributed by atoms with Crippen LogP contribution in [0.25, 0.3) is 0 Å². The molecule has 1 saturated heterocycles. The zero-order valence-corrected chi connectivity index (χ0v) is 12.8. The van der Waals surface area contributed by atoms with Crippen LogP contribution in [0.2, 0.25) is 0 Å². The van der Waals surface area contributed by atoms with E-state index in [-0.39, 0.29) is 5.92 Å². The van der Waals surface area contributed by atoms with Gasteiger partial charge < -0.3 is 15.4 Å². The third-order valence-corrected chi connectivity index (χ3v) is 4.93. The molecular weight excluding hydrogens is 284 g/mol. The molecule has 1 aromatic rings. The lowest BCUT2D eigenvalue weighted by Gasteiger charge is -2.32. The van der Waals surface area contributed by atoms with Gasteiger partial charge in [-0.2, -0.15) is 4.98 Å². The Morgan fingerprint density at radius 1 is 1.32 bits per heavy atom. The number of carbonyl (C=O) groups is 1. The van der Waals surface area contributed by atoms with Crippen LogP contribution in [0.1, 0.15) is 56.2 Å². The van der Waals surface area contributed by atoms with Crippen molar-refractivity contribution < 1.29 is 14.4 Å². The minimum Gasteiger partial charge on any atom is -0.383 e. The second-order valence-corrected chi connectivity index (χ2v) is 6.49. The van der Waals surface area contributed by atoms with Gasteiger partial charge in [0, 0.05) is 5.92 Å². The van der Waals surface area contributed by atoms with Crippen LogP contribution in [-0.4, -0.2) is 45.2 Å². The number of nitrogens with zero attached hydrogens (tertiary/aromatic N) is 3. The van der Waals surface area contributed by atoms with Crippen LogP contribution in [0.5, 0.6) is 0 Å². The molecule has 1 amide bonds. The number of carbonyl (C=O) groups excluding carboxylic acids is 1. The number of aromatic nitrogens is 2. The Bertz CT molecular complexity index is 505.